The van der Waals surface area contributed by atoms with E-state index in [2.05, 4.69) is 50.7 Å². The van der Waals surface area contributed by atoms with Crippen LogP contribution in [-0.4, -0.2) is 14.5 Å². The first-order valence-corrected chi connectivity index (χ1v) is 10.2. The third kappa shape index (κ3) is 2.90. The predicted molar refractivity (Wildman–Crippen MR) is 124 cm³/mol. The summed E-state index contributed by atoms with van der Waals surface area (Å²) in [7, 11) is 0. The van der Waals surface area contributed by atoms with E-state index in [1.807, 2.05) is 65.6 Å². The van der Waals surface area contributed by atoms with E-state index < -0.39 is 0 Å². The van der Waals surface area contributed by atoms with Crippen molar-refractivity contribution >= 4 is 43.9 Å². The van der Waals surface area contributed by atoms with Gasteiger partial charge in [-0.1, -0.05) is 30.9 Å². The van der Waals surface area contributed by atoms with Crippen LogP contribution < -0.4 is 0 Å². The second-order valence-corrected chi connectivity index (χ2v) is 7.76. The third-order valence-electron chi connectivity index (χ3n) is 5.19. The van der Waals surface area contributed by atoms with Gasteiger partial charge in [-0.15, -0.1) is 0 Å². The molecule has 3 aromatic heterocycles. The highest BCUT2D eigenvalue weighted by atomic mass is 79.9. The predicted octanol–water partition coefficient (Wildman–Crippen LogP) is 6.52. The minimum absolute atomic E-state index is 0.593. The van der Waals surface area contributed by atoms with Gasteiger partial charge in [0.2, 0.25) is 0 Å². The molecule has 0 aliphatic carbocycles. The number of benzene rings is 2. The van der Waals surface area contributed by atoms with Gasteiger partial charge < -0.3 is 4.57 Å². The molecule has 5 rings (SSSR count). The molecule has 0 fully saturated rings. The number of fused-ring (bicyclic) bond motifs is 2. The van der Waals surface area contributed by atoms with Crippen molar-refractivity contribution in [1.82, 2.24) is 14.5 Å². The van der Waals surface area contributed by atoms with E-state index in [0.29, 0.717) is 5.56 Å². The smallest absolute Gasteiger partial charge is 0.145 e. The van der Waals surface area contributed by atoms with Gasteiger partial charge >= 0.3 is 0 Å². The largest absolute Gasteiger partial charge is 0.301 e. The fourth-order valence-corrected chi connectivity index (χ4v) is 4.19. The number of pyridine rings is 2. The molecule has 0 radical (unpaired) electrons. The van der Waals surface area contributed by atoms with Crippen LogP contribution in [0.5, 0.6) is 0 Å². The summed E-state index contributed by atoms with van der Waals surface area (Å²) in [6.07, 6.45) is 7.59. The molecule has 0 unspecified atom stereocenters. The van der Waals surface area contributed by atoms with Gasteiger partial charge in [-0.05, 0) is 57.9 Å². The van der Waals surface area contributed by atoms with Gasteiger partial charge in [0.15, 0.2) is 0 Å². The van der Waals surface area contributed by atoms with Crippen LogP contribution in [0.1, 0.15) is 11.1 Å². The first kappa shape index (κ1) is 18.3. The molecule has 4 nitrogen and oxygen atoms in total. The van der Waals surface area contributed by atoms with E-state index in [1.165, 1.54) is 0 Å². The summed E-state index contributed by atoms with van der Waals surface area (Å²) in [4.78, 5) is 9.29. The number of aromatic nitrogens is 3. The molecule has 0 saturated carbocycles. The van der Waals surface area contributed by atoms with E-state index in [4.69, 9.17) is 0 Å². The summed E-state index contributed by atoms with van der Waals surface area (Å²) in [6, 6.07) is 20.1. The molecule has 5 aromatic rings. The molecule has 142 valence electrons. The number of hydrogen-bond acceptors (Lipinski definition) is 3. The molecule has 0 saturated heterocycles. The van der Waals surface area contributed by atoms with Gasteiger partial charge in [-0.25, -0.2) is 4.98 Å². The molecule has 3 heterocycles. The van der Waals surface area contributed by atoms with E-state index in [0.717, 1.165) is 48.8 Å². The maximum absolute atomic E-state index is 9.21. The van der Waals surface area contributed by atoms with Crippen LogP contribution in [0, 0.1) is 11.3 Å². The van der Waals surface area contributed by atoms with Crippen LogP contribution in [-0.2, 0) is 0 Å². The molecule has 0 bridgehead atoms. The number of nitrogens with zero attached hydrogens (tertiary/aromatic N) is 4. The highest BCUT2D eigenvalue weighted by molar-refractivity contribution is 9.10. The minimum Gasteiger partial charge on any atom is -0.301 e. The van der Waals surface area contributed by atoms with Crippen molar-refractivity contribution in [2.24, 2.45) is 0 Å². The summed E-state index contributed by atoms with van der Waals surface area (Å²) in [5.41, 5.74) is 6.38. The minimum atomic E-state index is 0.593. The topological polar surface area (TPSA) is 54.5 Å². The first-order valence-electron chi connectivity index (χ1n) is 9.37. The SMILES string of the molecule is C=Cc1cn(-c2ccc(C#N)c(Br)c2)c2nccc(-c3cnc4ccccc4c3)c12. The molecule has 0 spiro atoms. The molecular formula is C25H15BrN4. The van der Waals surface area contributed by atoms with Crippen molar-refractivity contribution in [1.29, 1.82) is 5.26 Å². The second-order valence-electron chi connectivity index (χ2n) is 6.91. The standard InChI is InChI=1S/C25H15BrN4/c1-2-16-15-30(20-8-7-18(13-27)22(26)12-20)25-24(16)21(9-10-28-25)19-11-17-5-3-4-6-23(17)29-14-19/h2-12,14-15H,1H2. The first-order chi connectivity index (χ1) is 14.7. The average Bonchev–Trinajstić information content (AvgIpc) is 3.17. The Morgan fingerprint density at radius 3 is 2.73 bits per heavy atom. The summed E-state index contributed by atoms with van der Waals surface area (Å²) >= 11 is 3.48. The van der Waals surface area contributed by atoms with Crippen LogP contribution in [0.3, 0.4) is 0 Å². The Morgan fingerprint density at radius 2 is 1.93 bits per heavy atom. The Hall–Kier alpha value is -3.75. The maximum atomic E-state index is 9.21. The monoisotopic (exact) mass is 450 g/mol. The lowest BCUT2D eigenvalue weighted by Gasteiger charge is -2.08. The van der Waals surface area contributed by atoms with Crippen LogP contribution in [0.2, 0.25) is 0 Å². The van der Waals surface area contributed by atoms with E-state index in [1.54, 1.807) is 6.07 Å². The van der Waals surface area contributed by atoms with Crippen molar-refractivity contribution in [3.05, 3.63) is 95.4 Å². The van der Waals surface area contributed by atoms with E-state index in [-0.39, 0.29) is 0 Å². The van der Waals surface area contributed by atoms with Crippen molar-refractivity contribution < 1.29 is 0 Å². The Morgan fingerprint density at radius 1 is 1.07 bits per heavy atom. The zero-order valence-corrected chi connectivity index (χ0v) is 17.5. The number of halogens is 1. The summed E-state index contributed by atoms with van der Waals surface area (Å²) in [5, 5.41) is 11.3. The summed E-state index contributed by atoms with van der Waals surface area (Å²) < 4.78 is 2.77. The van der Waals surface area contributed by atoms with Gasteiger partial charge in [-0.3, -0.25) is 4.98 Å². The third-order valence-corrected chi connectivity index (χ3v) is 5.84. The molecule has 30 heavy (non-hydrogen) atoms. The van der Waals surface area contributed by atoms with Crippen molar-refractivity contribution in [2.75, 3.05) is 0 Å². The lowest BCUT2D eigenvalue weighted by molar-refractivity contribution is 1.09. The number of hydrogen-bond donors (Lipinski definition) is 0. The van der Waals surface area contributed by atoms with Gasteiger partial charge in [0.25, 0.3) is 0 Å². The molecule has 0 N–H and O–H groups in total. The number of rotatable bonds is 3. The molecule has 0 aliphatic rings. The second kappa shape index (κ2) is 7.25. The van der Waals surface area contributed by atoms with Crippen molar-refractivity contribution in [2.45, 2.75) is 0 Å². The van der Waals surface area contributed by atoms with Gasteiger partial charge in [0.1, 0.15) is 11.7 Å². The van der Waals surface area contributed by atoms with Gasteiger partial charge in [0, 0.05) is 50.6 Å². The zero-order chi connectivity index (χ0) is 20.7. The quantitative estimate of drug-likeness (QED) is 0.314. The summed E-state index contributed by atoms with van der Waals surface area (Å²) in [5.74, 6) is 0. The lowest BCUT2D eigenvalue weighted by atomic mass is 10.0. The average molecular weight is 451 g/mol. The Bertz CT molecular complexity index is 1490. The molecule has 5 heteroatoms. The molecule has 0 amide bonds. The fourth-order valence-electron chi connectivity index (χ4n) is 3.74. The molecule has 0 aliphatic heterocycles. The van der Waals surface area contributed by atoms with E-state index >= 15 is 0 Å². The Kier molecular flexibility index (Phi) is 4.42. The molecule has 2 aromatic carbocycles. The number of para-hydroxylation sites is 1. The molecule has 0 atom stereocenters. The van der Waals surface area contributed by atoms with Crippen LogP contribution in [0.25, 0.3) is 44.8 Å². The van der Waals surface area contributed by atoms with Crippen LogP contribution in [0.4, 0.5) is 0 Å². The van der Waals surface area contributed by atoms with Gasteiger partial charge in [-0.2, -0.15) is 5.26 Å². The normalized spacial score (nSPS) is 10.9. The van der Waals surface area contributed by atoms with E-state index in [9.17, 15) is 5.26 Å². The van der Waals surface area contributed by atoms with Crippen LogP contribution in [0.15, 0.2) is 84.2 Å². The number of nitriles is 1. The fraction of sp³-hybridized carbons (Fsp3) is 0. The van der Waals surface area contributed by atoms with Crippen molar-refractivity contribution in [3.8, 4) is 22.9 Å². The molecular weight excluding hydrogens is 436 g/mol. The summed E-state index contributed by atoms with van der Waals surface area (Å²) in [6.45, 7) is 4.01. The maximum Gasteiger partial charge on any atom is 0.145 e. The zero-order valence-electron chi connectivity index (χ0n) is 15.9. The Balaban J connectivity index is 1.76. The van der Waals surface area contributed by atoms with Crippen molar-refractivity contribution in [3.63, 3.8) is 0 Å². The van der Waals surface area contributed by atoms with Crippen LogP contribution >= 0.6 is 15.9 Å². The Labute approximate surface area is 181 Å². The highest BCUT2D eigenvalue weighted by Crippen LogP contribution is 2.34. The van der Waals surface area contributed by atoms with Gasteiger partial charge in [0.05, 0.1) is 11.1 Å². The lowest BCUT2D eigenvalue weighted by Crippen LogP contribution is -1.95. The highest BCUT2D eigenvalue weighted by Gasteiger charge is 2.15.